The van der Waals surface area contributed by atoms with Crippen molar-refractivity contribution in [3.05, 3.63) is 135 Å². The highest BCUT2D eigenvalue weighted by molar-refractivity contribution is 6.23. The SMILES string of the molecule is O=C1C2=C(Oc3c(c4nc5ccccc5nc4c4ccccc34)C2c2cccc([N+](=O)[O-])c2)c2ccccc21. The first-order chi connectivity index (χ1) is 19.1. The Bertz CT molecular complexity index is 2110. The summed E-state index contributed by atoms with van der Waals surface area (Å²) in [7, 11) is 0. The van der Waals surface area contributed by atoms with Crippen molar-refractivity contribution >= 4 is 50.1 Å². The minimum atomic E-state index is -0.647. The molecule has 1 aliphatic heterocycles. The van der Waals surface area contributed by atoms with Gasteiger partial charge in [0.15, 0.2) is 5.78 Å². The van der Waals surface area contributed by atoms with Gasteiger partial charge in [-0.05, 0) is 17.7 Å². The van der Waals surface area contributed by atoms with Crippen molar-refractivity contribution < 1.29 is 14.5 Å². The van der Waals surface area contributed by atoms with Crippen molar-refractivity contribution in [1.29, 1.82) is 0 Å². The summed E-state index contributed by atoms with van der Waals surface area (Å²) in [5.74, 6) is 0.268. The third-order valence-electron chi connectivity index (χ3n) is 7.60. The number of carbonyl (C=O) groups is 1. The van der Waals surface area contributed by atoms with E-state index in [-0.39, 0.29) is 11.5 Å². The topological polar surface area (TPSA) is 95.2 Å². The summed E-state index contributed by atoms with van der Waals surface area (Å²) < 4.78 is 6.67. The molecule has 0 fully saturated rings. The van der Waals surface area contributed by atoms with Crippen LogP contribution in [0.4, 0.5) is 5.69 Å². The number of ether oxygens (including phenoxy) is 1. The van der Waals surface area contributed by atoms with Crippen molar-refractivity contribution in [3.63, 3.8) is 0 Å². The van der Waals surface area contributed by atoms with Crippen LogP contribution in [0.1, 0.15) is 33.0 Å². The van der Waals surface area contributed by atoms with Crippen LogP contribution in [0.25, 0.3) is 38.6 Å². The van der Waals surface area contributed by atoms with Gasteiger partial charge in [-0.15, -0.1) is 0 Å². The second-order valence-corrected chi connectivity index (χ2v) is 9.70. The molecule has 2 heterocycles. The first kappa shape index (κ1) is 21.6. The highest BCUT2D eigenvalue weighted by atomic mass is 16.6. The third kappa shape index (κ3) is 2.95. The van der Waals surface area contributed by atoms with Gasteiger partial charge in [0, 0.05) is 45.5 Å². The van der Waals surface area contributed by atoms with Crippen LogP contribution < -0.4 is 4.74 Å². The molecule has 184 valence electrons. The van der Waals surface area contributed by atoms with Gasteiger partial charge in [0.05, 0.1) is 32.6 Å². The van der Waals surface area contributed by atoms with Crippen LogP contribution in [0.5, 0.6) is 5.75 Å². The lowest BCUT2D eigenvalue weighted by atomic mass is 9.79. The maximum absolute atomic E-state index is 13.9. The molecule has 0 saturated heterocycles. The van der Waals surface area contributed by atoms with Crippen LogP contribution in [0, 0.1) is 10.1 Å². The fourth-order valence-electron chi connectivity index (χ4n) is 5.94. The quantitative estimate of drug-likeness (QED) is 0.109. The lowest BCUT2D eigenvalue weighted by Gasteiger charge is -2.29. The molecule has 1 aliphatic carbocycles. The predicted molar refractivity (Wildman–Crippen MR) is 148 cm³/mol. The Labute approximate surface area is 221 Å². The number of hydrogen-bond donors (Lipinski definition) is 0. The van der Waals surface area contributed by atoms with Gasteiger partial charge in [-0.2, -0.15) is 0 Å². The number of rotatable bonds is 2. The zero-order valence-electron chi connectivity index (χ0n) is 20.3. The Morgan fingerprint density at radius 3 is 2.18 bits per heavy atom. The minimum Gasteiger partial charge on any atom is -0.455 e. The summed E-state index contributed by atoms with van der Waals surface area (Å²) in [5, 5.41) is 13.5. The zero-order chi connectivity index (χ0) is 26.2. The molecule has 0 saturated carbocycles. The number of nitro groups is 1. The minimum absolute atomic E-state index is 0.0488. The fourth-order valence-corrected chi connectivity index (χ4v) is 5.94. The van der Waals surface area contributed by atoms with E-state index in [2.05, 4.69) is 0 Å². The molecule has 1 atom stereocenters. The number of aromatic nitrogens is 2. The molecule has 0 spiro atoms. The van der Waals surface area contributed by atoms with Gasteiger partial charge in [-0.3, -0.25) is 14.9 Å². The van der Waals surface area contributed by atoms with E-state index in [4.69, 9.17) is 14.7 Å². The Kier molecular flexibility index (Phi) is 4.32. The van der Waals surface area contributed by atoms with Gasteiger partial charge < -0.3 is 4.74 Å². The molecule has 0 N–H and O–H groups in total. The molecule has 1 aromatic heterocycles. The van der Waals surface area contributed by atoms with E-state index in [0.717, 1.165) is 16.3 Å². The van der Waals surface area contributed by atoms with Gasteiger partial charge in [-0.25, -0.2) is 9.97 Å². The van der Waals surface area contributed by atoms with Crippen molar-refractivity contribution in [2.75, 3.05) is 0 Å². The summed E-state index contributed by atoms with van der Waals surface area (Å²) in [6, 6.07) is 29.3. The van der Waals surface area contributed by atoms with Gasteiger partial charge >= 0.3 is 0 Å². The number of para-hydroxylation sites is 2. The summed E-state index contributed by atoms with van der Waals surface area (Å²) >= 11 is 0. The van der Waals surface area contributed by atoms with Gasteiger partial charge in [0.1, 0.15) is 11.5 Å². The van der Waals surface area contributed by atoms with Crippen LogP contribution in [0.15, 0.2) is 103 Å². The fraction of sp³-hybridized carbons (Fsp3) is 0.0312. The highest BCUT2D eigenvalue weighted by Crippen LogP contribution is 2.54. The van der Waals surface area contributed by atoms with Crippen LogP contribution >= 0.6 is 0 Å². The lowest BCUT2D eigenvalue weighted by molar-refractivity contribution is -0.384. The van der Waals surface area contributed by atoms with Crippen molar-refractivity contribution in [2.45, 2.75) is 5.92 Å². The number of allylic oxidation sites excluding steroid dienone is 1. The first-order valence-corrected chi connectivity index (χ1v) is 12.5. The molecule has 39 heavy (non-hydrogen) atoms. The summed E-state index contributed by atoms with van der Waals surface area (Å²) in [4.78, 5) is 35.3. The normalized spacial score (nSPS) is 15.8. The molecule has 5 aromatic carbocycles. The molecule has 0 amide bonds. The molecule has 7 nitrogen and oxygen atoms in total. The second kappa shape index (κ2) is 7.79. The van der Waals surface area contributed by atoms with E-state index in [0.29, 0.717) is 55.9 Å². The average Bonchev–Trinajstić information content (AvgIpc) is 3.27. The smallest absolute Gasteiger partial charge is 0.269 e. The maximum Gasteiger partial charge on any atom is 0.269 e. The summed E-state index contributed by atoms with van der Waals surface area (Å²) in [6.45, 7) is 0. The van der Waals surface area contributed by atoms with Crippen LogP contribution in [0.3, 0.4) is 0 Å². The number of Topliss-reactive ketones (excluding diaryl/α,β-unsaturated/α-hetero) is 1. The predicted octanol–water partition coefficient (Wildman–Crippen LogP) is 6.98. The van der Waals surface area contributed by atoms with Crippen molar-refractivity contribution in [1.82, 2.24) is 9.97 Å². The molecule has 2 aliphatic rings. The monoisotopic (exact) mass is 507 g/mol. The number of carbonyl (C=O) groups excluding carboxylic acids is 1. The standard InChI is InChI=1S/C32H17N3O4/c36-30-20-11-2-4-13-22(20)32-27(30)25(17-8-7-9-18(16-17)35(37)38)26-29-28(33-23-14-5-6-15-24(23)34-29)19-10-1-3-12-21(19)31(26)39-32/h1-16,25H. The zero-order valence-corrected chi connectivity index (χ0v) is 20.3. The van der Waals surface area contributed by atoms with Crippen molar-refractivity contribution in [3.8, 4) is 5.75 Å². The largest absolute Gasteiger partial charge is 0.455 e. The van der Waals surface area contributed by atoms with Crippen molar-refractivity contribution in [2.24, 2.45) is 0 Å². The summed E-state index contributed by atoms with van der Waals surface area (Å²) in [6.07, 6.45) is 0. The first-order valence-electron chi connectivity index (χ1n) is 12.5. The molecule has 0 radical (unpaired) electrons. The van der Waals surface area contributed by atoms with E-state index in [1.165, 1.54) is 12.1 Å². The van der Waals surface area contributed by atoms with Crippen LogP contribution in [0.2, 0.25) is 0 Å². The molecule has 7 heteroatoms. The van der Waals surface area contributed by atoms with Gasteiger partial charge in [-0.1, -0.05) is 72.8 Å². The van der Waals surface area contributed by atoms with Crippen LogP contribution in [-0.4, -0.2) is 20.7 Å². The van der Waals surface area contributed by atoms with E-state index in [1.54, 1.807) is 12.1 Å². The molecular formula is C32H17N3O4. The molecular weight excluding hydrogens is 490 g/mol. The van der Waals surface area contributed by atoms with Gasteiger partial charge in [0.2, 0.25) is 0 Å². The summed E-state index contributed by atoms with van der Waals surface area (Å²) in [5.41, 5.74) is 5.73. The highest BCUT2D eigenvalue weighted by Gasteiger charge is 2.44. The lowest BCUT2D eigenvalue weighted by Crippen LogP contribution is -2.19. The molecule has 0 bridgehead atoms. The van der Waals surface area contributed by atoms with E-state index < -0.39 is 10.8 Å². The number of nitrogens with zero attached hydrogens (tertiary/aromatic N) is 3. The Balaban J connectivity index is 1.55. The molecule has 8 rings (SSSR count). The van der Waals surface area contributed by atoms with E-state index in [1.807, 2.05) is 72.8 Å². The number of ketones is 1. The number of hydrogen-bond acceptors (Lipinski definition) is 6. The van der Waals surface area contributed by atoms with Crippen LogP contribution in [-0.2, 0) is 0 Å². The third-order valence-corrected chi connectivity index (χ3v) is 7.60. The average molecular weight is 508 g/mol. The Morgan fingerprint density at radius 2 is 1.41 bits per heavy atom. The van der Waals surface area contributed by atoms with E-state index in [9.17, 15) is 14.9 Å². The Hall–Kier alpha value is -5.43. The second-order valence-electron chi connectivity index (χ2n) is 9.70. The number of non-ortho nitro benzene ring substituents is 1. The molecule has 1 unspecified atom stereocenters. The van der Waals surface area contributed by atoms with E-state index >= 15 is 0 Å². The number of nitro benzene ring substituents is 1. The number of fused-ring (bicyclic) bond motifs is 9. The number of benzene rings is 5. The Morgan fingerprint density at radius 1 is 0.744 bits per heavy atom. The van der Waals surface area contributed by atoms with Gasteiger partial charge in [0.25, 0.3) is 5.69 Å². The molecule has 6 aromatic rings. The maximum atomic E-state index is 13.9.